The molecule has 1 atom stereocenters. The van der Waals surface area contributed by atoms with Gasteiger partial charge in [0, 0.05) is 18.0 Å². The van der Waals surface area contributed by atoms with Crippen LogP contribution in [0.2, 0.25) is 0 Å². The highest BCUT2D eigenvalue weighted by molar-refractivity contribution is 6.08. The van der Waals surface area contributed by atoms with Crippen LogP contribution in [0.5, 0.6) is 0 Å². The lowest BCUT2D eigenvalue weighted by atomic mass is 9.85. The Labute approximate surface area is 127 Å². The molecule has 22 heavy (non-hydrogen) atoms. The third-order valence-electron chi connectivity index (χ3n) is 3.92. The van der Waals surface area contributed by atoms with Crippen molar-refractivity contribution in [1.29, 1.82) is 0 Å². The zero-order valence-electron chi connectivity index (χ0n) is 12.6. The number of furan rings is 1. The number of nitrogen functional groups attached to an aromatic ring is 1. The standard InChI is InChI=1S/C16H18N2O4/c1-3-21-16(20)15-14(17)13-10(18-15)6-9(7-11(13)19)12-5-4-8(2)22-12/h4-5,9,18H,3,6-7,17H2,1-2H3. The van der Waals surface area contributed by atoms with E-state index in [1.165, 1.54) is 0 Å². The van der Waals surface area contributed by atoms with E-state index < -0.39 is 5.97 Å². The number of fused-ring (bicyclic) bond motifs is 1. The molecule has 3 rings (SSSR count). The number of aromatic amines is 1. The van der Waals surface area contributed by atoms with E-state index in [-0.39, 0.29) is 29.7 Å². The van der Waals surface area contributed by atoms with Crippen molar-refractivity contribution in [1.82, 2.24) is 4.98 Å². The minimum atomic E-state index is -0.535. The minimum Gasteiger partial charge on any atom is -0.466 e. The zero-order chi connectivity index (χ0) is 15.9. The highest BCUT2D eigenvalue weighted by Crippen LogP contribution is 2.37. The van der Waals surface area contributed by atoms with Crippen molar-refractivity contribution >= 4 is 17.4 Å². The van der Waals surface area contributed by atoms with Gasteiger partial charge >= 0.3 is 5.97 Å². The molecule has 0 bridgehead atoms. The molecule has 0 saturated carbocycles. The average molecular weight is 302 g/mol. The van der Waals surface area contributed by atoms with E-state index in [9.17, 15) is 9.59 Å². The molecule has 2 heterocycles. The van der Waals surface area contributed by atoms with Crippen LogP contribution in [0.1, 0.15) is 57.3 Å². The molecule has 3 N–H and O–H groups in total. The smallest absolute Gasteiger partial charge is 0.356 e. The van der Waals surface area contributed by atoms with E-state index in [2.05, 4.69) is 4.98 Å². The summed E-state index contributed by atoms with van der Waals surface area (Å²) in [6, 6.07) is 3.76. The number of hydrogen-bond acceptors (Lipinski definition) is 5. The van der Waals surface area contributed by atoms with E-state index in [0.29, 0.717) is 24.1 Å². The number of carbonyl (C=O) groups excluding carboxylic acids is 2. The summed E-state index contributed by atoms with van der Waals surface area (Å²) in [6.45, 7) is 3.84. The van der Waals surface area contributed by atoms with Crippen molar-refractivity contribution in [2.45, 2.75) is 32.6 Å². The molecule has 0 amide bonds. The summed E-state index contributed by atoms with van der Waals surface area (Å²) >= 11 is 0. The maximum atomic E-state index is 12.4. The summed E-state index contributed by atoms with van der Waals surface area (Å²) in [6.07, 6.45) is 0.905. The van der Waals surface area contributed by atoms with Gasteiger partial charge in [0.2, 0.25) is 0 Å². The molecular formula is C16H18N2O4. The number of aromatic nitrogens is 1. The molecule has 2 aromatic rings. The Bertz CT molecular complexity index is 741. The van der Waals surface area contributed by atoms with E-state index in [1.807, 2.05) is 19.1 Å². The van der Waals surface area contributed by atoms with Crippen LogP contribution < -0.4 is 5.73 Å². The van der Waals surface area contributed by atoms with Crippen LogP contribution in [0, 0.1) is 6.92 Å². The number of anilines is 1. The topological polar surface area (TPSA) is 98.3 Å². The van der Waals surface area contributed by atoms with Gasteiger partial charge in [0.25, 0.3) is 0 Å². The van der Waals surface area contributed by atoms with Crippen molar-refractivity contribution in [2.24, 2.45) is 0 Å². The molecule has 0 aromatic carbocycles. The van der Waals surface area contributed by atoms with Crippen molar-refractivity contribution < 1.29 is 18.7 Å². The van der Waals surface area contributed by atoms with Gasteiger partial charge < -0.3 is 19.9 Å². The first-order valence-corrected chi connectivity index (χ1v) is 7.28. The molecule has 0 saturated heterocycles. The Morgan fingerprint density at radius 2 is 2.23 bits per heavy atom. The number of aryl methyl sites for hydroxylation is 1. The van der Waals surface area contributed by atoms with Gasteiger partial charge in [-0.15, -0.1) is 0 Å². The Morgan fingerprint density at radius 3 is 2.86 bits per heavy atom. The molecular weight excluding hydrogens is 284 g/mol. The molecule has 116 valence electrons. The largest absolute Gasteiger partial charge is 0.466 e. The molecule has 6 nitrogen and oxygen atoms in total. The van der Waals surface area contributed by atoms with Crippen molar-refractivity contribution in [3.63, 3.8) is 0 Å². The third-order valence-corrected chi connectivity index (χ3v) is 3.92. The van der Waals surface area contributed by atoms with Gasteiger partial charge in [-0.1, -0.05) is 0 Å². The lowest BCUT2D eigenvalue weighted by Crippen LogP contribution is -2.18. The number of nitrogens with one attached hydrogen (secondary N) is 1. The number of ketones is 1. The Morgan fingerprint density at radius 1 is 1.45 bits per heavy atom. The number of Topliss-reactive ketones (excluding diaryl/α,β-unsaturated/α-hetero) is 1. The second-order valence-electron chi connectivity index (χ2n) is 5.46. The number of ether oxygens (including phenoxy) is 1. The molecule has 1 unspecified atom stereocenters. The number of hydrogen-bond donors (Lipinski definition) is 2. The van der Waals surface area contributed by atoms with Gasteiger partial charge in [-0.3, -0.25) is 4.79 Å². The lowest BCUT2D eigenvalue weighted by molar-refractivity contribution is 0.0521. The first-order chi connectivity index (χ1) is 10.5. The van der Waals surface area contributed by atoms with Crippen LogP contribution >= 0.6 is 0 Å². The monoisotopic (exact) mass is 302 g/mol. The molecule has 0 spiro atoms. The van der Waals surface area contributed by atoms with Crippen molar-refractivity contribution in [3.05, 3.63) is 40.6 Å². The quantitative estimate of drug-likeness (QED) is 0.849. The predicted octanol–water partition coefficient (Wildman–Crippen LogP) is 2.59. The van der Waals surface area contributed by atoms with E-state index in [4.69, 9.17) is 14.9 Å². The van der Waals surface area contributed by atoms with Crippen LogP contribution in [-0.4, -0.2) is 23.3 Å². The second kappa shape index (κ2) is 5.36. The van der Waals surface area contributed by atoms with Gasteiger partial charge in [0.05, 0.1) is 17.9 Å². The summed E-state index contributed by atoms with van der Waals surface area (Å²) in [5, 5.41) is 0. The maximum absolute atomic E-state index is 12.4. The average Bonchev–Trinajstić information content (AvgIpc) is 3.03. The molecule has 2 aromatic heterocycles. The molecule has 0 radical (unpaired) electrons. The van der Waals surface area contributed by atoms with Gasteiger partial charge in [0.1, 0.15) is 17.2 Å². The lowest BCUT2D eigenvalue weighted by Gasteiger charge is -2.19. The van der Waals surface area contributed by atoms with E-state index in [0.717, 1.165) is 11.5 Å². The first-order valence-electron chi connectivity index (χ1n) is 7.28. The summed E-state index contributed by atoms with van der Waals surface area (Å²) in [5.74, 6) is 0.938. The number of nitrogens with two attached hydrogens (primary N) is 1. The van der Waals surface area contributed by atoms with Crippen LogP contribution in [0.25, 0.3) is 0 Å². The normalized spacial score (nSPS) is 17.4. The van der Waals surface area contributed by atoms with Gasteiger partial charge in [-0.25, -0.2) is 4.79 Å². The molecule has 1 aliphatic carbocycles. The number of H-pyrrole nitrogens is 1. The molecule has 0 fully saturated rings. The van der Waals surface area contributed by atoms with Crippen LogP contribution in [-0.2, 0) is 11.2 Å². The van der Waals surface area contributed by atoms with E-state index >= 15 is 0 Å². The first kappa shape index (κ1) is 14.4. The van der Waals surface area contributed by atoms with Gasteiger partial charge in [0.15, 0.2) is 5.78 Å². The summed E-state index contributed by atoms with van der Waals surface area (Å²) in [4.78, 5) is 27.2. The fourth-order valence-electron chi connectivity index (χ4n) is 2.92. The predicted molar refractivity (Wildman–Crippen MR) is 80.0 cm³/mol. The number of esters is 1. The summed E-state index contributed by atoms with van der Waals surface area (Å²) in [5.41, 5.74) is 7.40. The van der Waals surface area contributed by atoms with Crippen LogP contribution in [0.3, 0.4) is 0 Å². The van der Waals surface area contributed by atoms with E-state index in [1.54, 1.807) is 6.92 Å². The highest BCUT2D eigenvalue weighted by atomic mass is 16.5. The highest BCUT2D eigenvalue weighted by Gasteiger charge is 2.34. The van der Waals surface area contributed by atoms with Gasteiger partial charge in [-0.2, -0.15) is 0 Å². The SMILES string of the molecule is CCOC(=O)c1[nH]c2c(c1N)C(=O)CC(c1ccc(C)o1)C2. The Kier molecular flexibility index (Phi) is 3.52. The summed E-state index contributed by atoms with van der Waals surface area (Å²) in [7, 11) is 0. The van der Waals surface area contributed by atoms with Gasteiger partial charge in [-0.05, 0) is 32.4 Å². The minimum absolute atomic E-state index is 0.0400. The van der Waals surface area contributed by atoms with Crippen LogP contribution in [0.15, 0.2) is 16.5 Å². The Hall–Kier alpha value is -2.50. The Balaban J connectivity index is 1.95. The zero-order valence-corrected chi connectivity index (χ0v) is 12.6. The fraction of sp³-hybridized carbons (Fsp3) is 0.375. The van der Waals surface area contributed by atoms with Crippen molar-refractivity contribution in [3.8, 4) is 0 Å². The number of carbonyl (C=O) groups is 2. The van der Waals surface area contributed by atoms with Crippen LogP contribution in [0.4, 0.5) is 5.69 Å². The molecule has 1 aliphatic rings. The molecule has 6 heteroatoms. The third kappa shape index (κ3) is 2.30. The second-order valence-corrected chi connectivity index (χ2v) is 5.46. The van der Waals surface area contributed by atoms with Crippen molar-refractivity contribution in [2.75, 3.05) is 12.3 Å². The number of rotatable bonds is 3. The maximum Gasteiger partial charge on any atom is 0.356 e. The molecule has 0 aliphatic heterocycles. The summed E-state index contributed by atoms with van der Waals surface area (Å²) < 4.78 is 10.6. The fourth-order valence-corrected chi connectivity index (χ4v) is 2.92.